The van der Waals surface area contributed by atoms with Crippen LogP contribution in [0.1, 0.15) is 24.0 Å². The average Bonchev–Trinajstić information content (AvgIpc) is 3.09. The van der Waals surface area contributed by atoms with Gasteiger partial charge in [0.25, 0.3) is 0 Å². The number of likely N-dealkylation sites (tertiary alicyclic amines) is 1. The number of piperidine rings is 1. The summed E-state index contributed by atoms with van der Waals surface area (Å²) in [4.78, 5) is 6.54. The van der Waals surface area contributed by atoms with Crippen molar-refractivity contribution in [1.82, 2.24) is 9.88 Å². The molecule has 2 aliphatic rings. The van der Waals surface area contributed by atoms with Crippen LogP contribution in [0.2, 0.25) is 0 Å². The Morgan fingerprint density at radius 3 is 2.84 bits per heavy atom. The topological polar surface area (TPSA) is 43.8 Å². The number of ether oxygens (including phenoxy) is 3. The molecule has 0 radical (unpaired) electrons. The van der Waals surface area contributed by atoms with E-state index in [0.717, 1.165) is 43.8 Å². The second kappa shape index (κ2) is 7.52. The third kappa shape index (κ3) is 4.00. The number of pyridine rings is 1. The minimum atomic E-state index is -0.385. The standard InChI is InChI=1S/C20H24N2O3/c1-2-7-19(23-15-17-5-3-9-21-13-17)18(6-1)14-22-10-4-8-20(16-22)24-11-12-25-20/h1-3,5-7,9,13H,4,8,10-12,14-16H2. The molecule has 1 aromatic carbocycles. The summed E-state index contributed by atoms with van der Waals surface area (Å²) in [6.45, 7) is 4.67. The number of para-hydroxylation sites is 1. The Hall–Kier alpha value is -1.95. The van der Waals surface area contributed by atoms with Crippen LogP contribution < -0.4 is 4.74 Å². The number of benzene rings is 1. The molecule has 2 aromatic rings. The molecular weight excluding hydrogens is 316 g/mol. The predicted octanol–water partition coefficient (Wildman–Crippen LogP) is 3.00. The number of rotatable bonds is 5. The Balaban J connectivity index is 1.42. The highest BCUT2D eigenvalue weighted by atomic mass is 16.7. The first-order valence-corrected chi connectivity index (χ1v) is 8.93. The zero-order valence-corrected chi connectivity index (χ0v) is 14.4. The van der Waals surface area contributed by atoms with Crippen LogP contribution in [-0.2, 0) is 22.6 Å². The summed E-state index contributed by atoms with van der Waals surface area (Å²) in [5.74, 6) is 0.545. The normalized spacial score (nSPS) is 20.0. The minimum absolute atomic E-state index is 0.385. The molecule has 0 aliphatic carbocycles. The summed E-state index contributed by atoms with van der Waals surface area (Å²) < 4.78 is 17.8. The molecule has 0 unspecified atom stereocenters. The van der Waals surface area contributed by atoms with Gasteiger partial charge in [0.15, 0.2) is 5.79 Å². The first kappa shape index (κ1) is 16.5. The summed E-state index contributed by atoms with van der Waals surface area (Å²) in [5.41, 5.74) is 2.27. The molecule has 1 spiro atoms. The molecule has 0 saturated carbocycles. The van der Waals surface area contributed by atoms with Gasteiger partial charge in [-0.15, -0.1) is 0 Å². The van der Waals surface area contributed by atoms with E-state index in [9.17, 15) is 0 Å². The molecule has 2 aliphatic heterocycles. The Kier molecular flexibility index (Phi) is 4.97. The van der Waals surface area contributed by atoms with E-state index < -0.39 is 0 Å². The van der Waals surface area contributed by atoms with Crippen LogP contribution in [0.4, 0.5) is 0 Å². The molecule has 3 heterocycles. The number of hydrogen-bond acceptors (Lipinski definition) is 5. The van der Waals surface area contributed by atoms with Crippen LogP contribution in [-0.4, -0.2) is 42.0 Å². The number of aromatic nitrogens is 1. The molecule has 0 amide bonds. The summed E-state index contributed by atoms with van der Waals surface area (Å²) in [7, 11) is 0. The second-order valence-electron chi connectivity index (χ2n) is 6.68. The van der Waals surface area contributed by atoms with E-state index in [2.05, 4.69) is 22.0 Å². The van der Waals surface area contributed by atoms with Crippen molar-refractivity contribution in [2.45, 2.75) is 31.8 Å². The van der Waals surface area contributed by atoms with Gasteiger partial charge >= 0.3 is 0 Å². The first-order valence-electron chi connectivity index (χ1n) is 8.93. The highest BCUT2D eigenvalue weighted by Gasteiger charge is 2.40. The minimum Gasteiger partial charge on any atom is -0.489 e. The first-order chi connectivity index (χ1) is 12.3. The molecule has 2 saturated heterocycles. The Bertz CT molecular complexity index is 686. The molecule has 5 nitrogen and oxygen atoms in total. The maximum Gasteiger partial charge on any atom is 0.181 e. The fraction of sp³-hybridized carbons (Fsp3) is 0.450. The summed E-state index contributed by atoms with van der Waals surface area (Å²) in [6.07, 6.45) is 5.70. The number of nitrogens with zero attached hydrogens (tertiary/aromatic N) is 2. The van der Waals surface area contributed by atoms with Gasteiger partial charge < -0.3 is 14.2 Å². The lowest BCUT2D eigenvalue weighted by Gasteiger charge is -2.38. The van der Waals surface area contributed by atoms with E-state index in [4.69, 9.17) is 14.2 Å². The van der Waals surface area contributed by atoms with Crippen molar-refractivity contribution in [3.05, 3.63) is 59.9 Å². The maximum absolute atomic E-state index is 6.05. The predicted molar refractivity (Wildman–Crippen MR) is 94.2 cm³/mol. The van der Waals surface area contributed by atoms with Crippen LogP contribution in [0, 0.1) is 0 Å². The van der Waals surface area contributed by atoms with Crippen molar-refractivity contribution >= 4 is 0 Å². The molecular formula is C20H24N2O3. The van der Waals surface area contributed by atoms with Gasteiger partial charge in [-0.3, -0.25) is 9.88 Å². The fourth-order valence-electron chi connectivity index (χ4n) is 3.60. The lowest BCUT2D eigenvalue weighted by molar-refractivity contribution is -0.190. The van der Waals surface area contributed by atoms with Gasteiger partial charge in [0.2, 0.25) is 0 Å². The van der Waals surface area contributed by atoms with Gasteiger partial charge in [0.1, 0.15) is 12.4 Å². The average molecular weight is 340 g/mol. The molecule has 5 heteroatoms. The third-order valence-electron chi connectivity index (χ3n) is 4.79. The highest BCUT2D eigenvalue weighted by molar-refractivity contribution is 5.33. The van der Waals surface area contributed by atoms with Crippen molar-refractivity contribution in [3.8, 4) is 5.75 Å². The largest absolute Gasteiger partial charge is 0.489 e. The molecule has 0 atom stereocenters. The molecule has 1 aromatic heterocycles. The lowest BCUT2D eigenvalue weighted by atomic mass is 10.0. The smallest absolute Gasteiger partial charge is 0.181 e. The van der Waals surface area contributed by atoms with Crippen LogP contribution >= 0.6 is 0 Å². The molecule has 0 N–H and O–H groups in total. The van der Waals surface area contributed by atoms with Crippen LogP contribution in [0.15, 0.2) is 48.8 Å². The second-order valence-corrected chi connectivity index (χ2v) is 6.68. The van der Waals surface area contributed by atoms with E-state index in [-0.39, 0.29) is 5.79 Å². The van der Waals surface area contributed by atoms with E-state index in [1.807, 2.05) is 30.5 Å². The van der Waals surface area contributed by atoms with Crippen LogP contribution in [0.5, 0.6) is 5.75 Å². The molecule has 2 fully saturated rings. The van der Waals surface area contributed by atoms with E-state index in [0.29, 0.717) is 19.8 Å². The Morgan fingerprint density at radius 1 is 1.12 bits per heavy atom. The highest BCUT2D eigenvalue weighted by Crippen LogP contribution is 2.31. The zero-order valence-electron chi connectivity index (χ0n) is 14.4. The molecule has 25 heavy (non-hydrogen) atoms. The van der Waals surface area contributed by atoms with Crippen molar-refractivity contribution < 1.29 is 14.2 Å². The van der Waals surface area contributed by atoms with E-state index in [1.54, 1.807) is 6.20 Å². The van der Waals surface area contributed by atoms with Crippen molar-refractivity contribution in [3.63, 3.8) is 0 Å². The van der Waals surface area contributed by atoms with Gasteiger partial charge in [-0.1, -0.05) is 24.3 Å². The van der Waals surface area contributed by atoms with Gasteiger partial charge in [0, 0.05) is 36.5 Å². The van der Waals surface area contributed by atoms with Crippen molar-refractivity contribution in [2.75, 3.05) is 26.3 Å². The Morgan fingerprint density at radius 2 is 2.00 bits per heavy atom. The quantitative estimate of drug-likeness (QED) is 0.837. The van der Waals surface area contributed by atoms with E-state index in [1.165, 1.54) is 5.56 Å². The van der Waals surface area contributed by atoms with E-state index >= 15 is 0 Å². The van der Waals surface area contributed by atoms with Gasteiger partial charge in [-0.25, -0.2) is 0 Å². The Labute approximate surface area is 148 Å². The molecule has 0 bridgehead atoms. The SMILES string of the molecule is c1cncc(COc2ccccc2CN2CCCC3(C2)OCCO3)c1. The fourth-order valence-corrected chi connectivity index (χ4v) is 3.60. The summed E-state index contributed by atoms with van der Waals surface area (Å²) >= 11 is 0. The van der Waals surface area contributed by atoms with Crippen LogP contribution in [0.25, 0.3) is 0 Å². The monoisotopic (exact) mass is 340 g/mol. The lowest BCUT2D eigenvalue weighted by Crippen LogP contribution is -2.48. The molecule has 132 valence electrons. The maximum atomic E-state index is 6.05. The van der Waals surface area contributed by atoms with Crippen LogP contribution in [0.3, 0.4) is 0 Å². The van der Waals surface area contributed by atoms with Gasteiger partial charge in [0.05, 0.1) is 19.8 Å². The van der Waals surface area contributed by atoms with Crippen molar-refractivity contribution in [2.24, 2.45) is 0 Å². The van der Waals surface area contributed by atoms with Crippen molar-refractivity contribution in [1.29, 1.82) is 0 Å². The van der Waals surface area contributed by atoms with Gasteiger partial charge in [-0.05, 0) is 25.1 Å². The summed E-state index contributed by atoms with van der Waals surface area (Å²) in [5, 5.41) is 0. The zero-order chi connectivity index (χ0) is 17.0. The molecule has 4 rings (SSSR count). The third-order valence-corrected chi connectivity index (χ3v) is 4.79. The summed E-state index contributed by atoms with van der Waals surface area (Å²) in [6, 6.07) is 12.2. The number of hydrogen-bond donors (Lipinski definition) is 0. The van der Waals surface area contributed by atoms with Gasteiger partial charge in [-0.2, -0.15) is 0 Å².